The van der Waals surface area contributed by atoms with Crippen LogP contribution >= 0.6 is 0 Å². The van der Waals surface area contributed by atoms with Gasteiger partial charge in [0.2, 0.25) is 0 Å². The molecule has 6 heteroatoms. The summed E-state index contributed by atoms with van der Waals surface area (Å²) >= 11 is 0. The molecule has 0 saturated heterocycles. The van der Waals surface area contributed by atoms with Crippen LogP contribution in [0.25, 0.3) is 10.9 Å². The molecule has 0 fully saturated rings. The maximum atomic E-state index is 12.8. The van der Waals surface area contributed by atoms with Crippen LogP contribution in [-0.2, 0) is 16.0 Å². The summed E-state index contributed by atoms with van der Waals surface area (Å²) in [5.74, 6) is -1.36. The lowest BCUT2D eigenvalue weighted by Crippen LogP contribution is -2.32. The Hall–Kier alpha value is -3.54. The van der Waals surface area contributed by atoms with Crippen molar-refractivity contribution in [2.24, 2.45) is 0 Å². The van der Waals surface area contributed by atoms with Crippen LogP contribution in [0.5, 0.6) is 5.75 Å². The molecule has 0 spiro atoms. The SMILES string of the molecule is CC(=O)C1=C(O)C(=O)N(CCc2c[nH]c3ccccc23)C1c1ccc(C)c(O)c1. The van der Waals surface area contributed by atoms with Crippen LogP contribution in [-0.4, -0.2) is 38.3 Å². The van der Waals surface area contributed by atoms with E-state index in [0.717, 1.165) is 16.5 Å². The fraction of sp³-hybridized carbons (Fsp3) is 0.217. The number of carbonyl (C=O) groups is 2. The number of aromatic nitrogens is 1. The van der Waals surface area contributed by atoms with E-state index < -0.39 is 17.7 Å². The largest absolute Gasteiger partial charge is 0.508 e. The first-order valence-electron chi connectivity index (χ1n) is 9.48. The summed E-state index contributed by atoms with van der Waals surface area (Å²) in [7, 11) is 0. The normalized spacial score (nSPS) is 16.8. The number of fused-ring (bicyclic) bond motifs is 1. The number of phenols is 1. The Morgan fingerprint density at radius 2 is 1.93 bits per heavy atom. The monoisotopic (exact) mass is 390 g/mol. The minimum absolute atomic E-state index is 0.0668. The van der Waals surface area contributed by atoms with E-state index in [9.17, 15) is 19.8 Å². The number of rotatable bonds is 5. The van der Waals surface area contributed by atoms with E-state index >= 15 is 0 Å². The van der Waals surface area contributed by atoms with Crippen LogP contribution in [0, 0.1) is 6.92 Å². The van der Waals surface area contributed by atoms with Crippen molar-refractivity contribution in [1.82, 2.24) is 9.88 Å². The molecule has 0 bridgehead atoms. The minimum Gasteiger partial charge on any atom is -0.508 e. The maximum absolute atomic E-state index is 12.8. The van der Waals surface area contributed by atoms with Gasteiger partial charge in [-0.05, 0) is 49.1 Å². The molecule has 1 aromatic heterocycles. The topological polar surface area (TPSA) is 93.6 Å². The smallest absolute Gasteiger partial charge is 0.290 e. The molecule has 1 aliphatic rings. The standard InChI is InChI=1S/C23H22N2O4/c1-13-7-8-15(11-19(13)27)21-20(14(2)26)22(28)23(29)25(21)10-9-16-12-24-18-6-4-3-5-17(16)18/h3-8,11-12,21,24,27-28H,9-10H2,1-2H3. The third-order valence-electron chi connectivity index (χ3n) is 5.53. The average molecular weight is 390 g/mol. The minimum atomic E-state index is -0.725. The van der Waals surface area contributed by atoms with Crippen LogP contribution in [0.15, 0.2) is 60.0 Å². The quantitative estimate of drug-likeness (QED) is 0.619. The fourth-order valence-corrected chi connectivity index (χ4v) is 3.97. The molecule has 0 aliphatic carbocycles. The van der Waals surface area contributed by atoms with Gasteiger partial charge in [0, 0.05) is 23.6 Å². The molecule has 148 valence electrons. The van der Waals surface area contributed by atoms with Gasteiger partial charge in [0.1, 0.15) is 5.75 Å². The zero-order valence-electron chi connectivity index (χ0n) is 16.3. The second-order valence-corrected chi connectivity index (χ2v) is 7.37. The Kier molecular flexibility index (Phi) is 4.62. The molecule has 1 unspecified atom stereocenters. The lowest BCUT2D eigenvalue weighted by atomic mass is 9.95. The van der Waals surface area contributed by atoms with E-state index in [0.29, 0.717) is 24.1 Å². The summed E-state index contributed by atoms with van der Waals surface area (Å²) in [6.07, 6.45) is 2.47. The predicted molar refractivity (Wildman–Crippen MR) is 110 cm³/mol. The first-order chi connectivity index (χ1) is 13.9. The molecule has 1 atom stereocenters. The number of hydrogen-bond acceptors (Lipinski definition) is 4. The molecule has 4 rings (SSSR count). The van der Waals surface area contributed by atoms with Gasteiger partial charge in [0.15, 0.2) is 11.5 Å². The van der Waals surface area contributed by atoms with E-state index in [1.165, 1.54) is 11.8 Å². The van der Waals surface area contributed by atoms with Crippen LogP contribution in [0.3, 0.4) is 0 Å². The number of nitrogens with zero attached hydrogens (tertiary/aromatic N) is 1. The third-order valence-corrected chi connectivity index (χ3v) is 5.53. The maximum Gasteiger partial charge on any atom is 0.290 e. The summed E-state index contributed by atoms with van der Waals surface area (Å²) in [6.45, 7) is 3.43. The molecule has 1 aliphatic heterocycles. The van der Waals surface area contributed by atoms with Crippen molar-refractivity contribution in [2.45, 2.75) is 26.3 Å². The van der Waals surface area contributed by atoms with Crippen LogP contribution in [0.2, 0.25) is 0 Å². The summed E-state index contributed by atoms with van der Waals surface area (Å²) < 4.78 is 0. The number of phenolic OH excluding ortho intramolecular Hbond substituents is 1. The first-order valence-corrected chi connectivity index (χ1v) is 9.48. The Morgan fingerprint density at radius 3 is 2.66 bits per heavy atom. The second kappa shape index (κ2) is 7.13. The highest BCUT2D eigenvalue weighted by Crippen LogP contribution is 2.39. The first kappa shape index (κ1) is 18.8. The van der Waals surface area contributed by atoms with Crippen molar-refractivity contribution in [1.29, 1.82) is 0 Å². The molecule has 0 saturated carbocycles. The highest BCUT2D eigenvalue weighted by atomic mass is 16.3. The number of ketones is 1. The highest BCUT2D eigenvalue weighted by molar-refractivity contribution is 6.08. The number of carbonyl (C=O) groups excluding carboxylic acids is 2. The number of amides is 1. The van der Waals surface area contributed by atoms with Crippen molar-refractivity contribution in [3.8, 4) is 5.75 Å². The van der Waals surface area contributed by atoms with E-state index in [-0.39, 0.29) is 17.1 Å². The molecule has 0 radical (unpaired) electrons. The van der Waals surface area contributed by atoms with Gasteiger partial charge < -0.3 is 20.1 Å². The van der Waals surface area contributed by atoms with E-state index in [2.05, 4.69) is 4.98 Å². The number of benzene rings is 2. The second-order valence-electron chi connectivity index (χ2n) is 7.37. The van der Waals surface area contributed by atoms with Crippen molar-refractivity contribution >= 4 is 22.6 Å². The van der Waals surface area contributed by atoms with E-state index in [1.54, 1.807) is 25.1 Å². The van der Waals surface area contributed by atoms with Crippen LogP contribution in [0.4, 0.5) is 0 Å². The van der Waals surface area contributed by atoms with Crippen molar-refractivity contribution in [3.63, 3.8) is 0 Å². The van der Waals surface area contributed by atoms with Crippen molar-refractivity contribution in [3.05, 3.63) is 76.7 Å². The molecule has 2 aromatic carbocycles. The van der Waals surface area contributed by atoms with E-state index in [4.69, 9.17) is 0 Å². The molecule has 2 heterocycles. The summed E-state index contributed by atoms with van der Waals surface area (Å²) in [4.78, 5) is 29.7. The lowest BCUT2D eigenvalue weighted by Gasteiger charge is -2.27. The van der Waals surface area contributed by atoms with Gasteiger partial charge in [0.25, 0.3) is 5.91 Å². The number of aryl methyl sites for hydroxylation is 1. The number of nitrogens with one attached hydrogen (secondary N) is 1. The van der Waals surface area contributed by atoms with Gasteiger partial charge >= 0.3 is 0 Å². The molecule has 3 aromatic rings. The van der Waals surface area contributed by atoms with E-state index in [1.807, 2.05) is 30.5 Å². The van der Waals surface area contributed by atoms with Gasteiger partial charge in [-0.15, -0.1) is 0 Å². The van der Waals surface area contributed by atoms with Crippen molar-refractivity contribution in [2.75, 3.05) is 6.54 Å². The molecular weight excluding hydrogens is 368 g/mol. The summed E-state index contributed by atoms with van der Waals surface area (Å²) in [5.41, 5.74) is 3.42. The average Bonchev–Trinajstić information content (AvgIpc) is 3.22. The summed E-state index contributed by atoms with van der Waals surface area (Å²) in [5, 5.41) is 21.6. The zero-order valence-corrected chi connectivity index (χ0v) is 16.3. The summed E-state index contributed by atoms with van der Waals surface area (Å²) in [6, 6.07) is 12.2. The number of aliphatic hydroxyl groups excluding tert-OH is 1. The zero-order chi connectivity index (χ0) is 20.7. The van der Waals surface area contributed by atoms with Crippen LogP contribution in [0.1, 0.15) is 29.7 Å². The molecule has 1 amide bonds. The molecule has 29 heavy (non-hydrogen) atoms. The molecule has 6 nitrogen and oxygen atoms in total. The molecular formula is C23H22N2O4. The van der Waals surface area contributed by atoms with Gasteiger partial charge in [-0.1, -0.05) is 30.3 Å². The number of aromatic hydroxyl groups is 1. The Labute approximate surface area is 168 Å². The lowest BCUT2D eigenvalue weighted by molar-refractivity contribution is -0.129. The van der Waals surface area contributed by atoms with Gasteiger partial charge in [0.05, 0.1) is 11.6 Å². The number of para-hydroxylation sites is 1. The third kappa shape index (κ3) is 3.16. The predicted octanol–water partition coefficient (Wildman–Crippen LogP) is 3.71. The number of Topliss-reactive ketones (excluding diaryl/α,β-unsaturated/α-hetero) is 1. The number of hydrogen-bond donors (Lipinski definition) is 3. The number of aliphatic hydroxyl groups is 1. The van der Waals surface area contributed by atoms with Gasteiger partial charge in [-0.2, -0.15) is 0 Å². The van der Waals surface area contributed by atoms with Crippen molar-refractivity contribution < 1.29 is 19.8 Å². The van der Waals surface area contributed by atoms with Gasteiger partial charge in [-0.25, -0.2) is 0 Å². The highest BCUT2D eigenvalue weighted by Gasteiger charge is 2.42. The number of H-pyrrole nitrogens is 1. The molecule has 3 N–H and O–H groups in total. The Bertz CT molecular complexity index is 1160. The number of aromatic amines is 1. The Balaban J connectivity index is 1.69. The fourth-order valence-electron chi connectivity index (χ4n) is 3.97. The van der Waals surface area contributed by atoms with Gasteiger partial charge in [-0.3, -0.25) is 9.59 Å². The Morgan fingerprint density at radius 1 is 1.17 bits per heavy atom. The van der Waals surface area contributed by atoms with Crippen LogP contribution < -0.4 is 0 Å².